The van der Waals surface area contributed by atoms with Gasteiger partial charge in [0.25, 0.3) is 5.91 Å². The van der Waals surface area contributed by atoms with Crippen LogP contribution in [0, 0.1) is 11.8 Å². The molecule has 1 heterocycles. The van der Waals surface area contributed by atoms with Gasteiger partial charge in [-0.1, -0.05) is 26.0 Å². The number of para-hydroxylation sites is 1. The Morgan fingerprint density at radius 3 is 2.63 bits per heavy atom. The summed E-state index contributed by atoms with van der Waals surface area (Å²) in [4.78, 5) is 26.9. The number of nitrogens with two attached hydrogens (primary N) is 1. The van der Waals surface area contributed by atoms with Crippen molar-refractivity contribution >= 4 is 23.6 Å². The van der Waals surface area contributed by atoms with Crippen LogP contribution in [-0.4, -0.2) is 78.3 Å². The fourth-order valence-corrected chi connectivity index (χ4v) is 4.47. The average molecular weight is 512 g/mol. The van der Waals surface area contributed by atoms with E-state index in [0.717, 1.165) is 25.7 Å². The molecule has 9 heteroatoms. The number of benzene rings is 1. The number of rotatable bonds is 15. The molecule has 0 aromatic heterocycles. The third kappa shape index (κ3) is 9.60. The molecule has 1 aromatic rings. The normalized spacial score (nSPS) is 16.8. The lowest BCUT2D eigenvalue weighted by molar-refractivity contribution is -0.135. The molecule has 2 rings (SSSR count). The van der Waals surface area contributed by atoms with Crippen molar-refractivity contribution in [2.45, 2.75) is 64.5 Å². The number of carbonyl (C=O) groups excluding carboxylic acids is 2. The van der Waals surface area contributed by atoms with Crippen LogP contribution < -0.4 is 10.5 Å². The molecule has 1 aromatic carbocycles. The highest BCUT2D eigenvalue weighted by atomic mass is 35.5. The number of halogens is 1. The molecular formula is C26H42ClN3O5. The van der Waals surface area contributed by atoms with Gasteiger partial charge < -0.3 is 25.2 Å². The van der Waals surface area contributed by atoms with Crippen LogP contribution in [0.1, 0.15) is 62.7 Å². The Bertz CT molecular complexity index is 794. The Labute approximate surface area is 214 Å². The first-order chi connectivity index (χ1) is 16.7. The van der Waals surface area contributed by atoms with Crippen LogP contribution >= 0.6 is 11.8 Å². The van der Waals surface area contributed by atoms with Crippen molar-refractivity contribution in [3.63, 3.8) is 0 Å². The van der Waals surface area contributed by atoms with Crippen LogP contribution in [0.25, 0.3) is 0 Å². The number of piperidine rings is 1. The molecule has 2 amide bonds. The maximum Gasteiger partial charge on any atom is 0.271 e. The van der Waals surface area contributed by atoms with E-state index in [-0.39, 0.29) is 36.7 Å². The van der Waals surface area contributed by atoms with E-state index < -0.39 is 12.1 Å². The number of likely N-dealkylation sites (tertiary alicyclic amines) is 1. The van der Waals surface area contributed by atoms with Gasteiger partial charge in [0.1, 0.15) is 5.75 Å². The maximum atomic E-state index is 13.1. The number of ether oxygens (including phenoxy) is 2. The molecule has 1 fully saturated rings. The Hall–Kier alpha value is -1.87. The maximum absolute atomic E-state index is 13.1. The minimum absolute atomic E-state index is 0.0275. The number of aliphatic hydroxyl groups excluding tert-OH is 1. The molecule has 1 aliphatic rings. The summed E-state index contributed by atoms with van der Waals surface area (Å²) in [7, 11) is 1.66. The first kappa shape index (κ1) is 29.4. The summed E-state index contributed by atoms with van der Waals surface area (Å²) in [5, 5.41) is 10.7. The van der Waals surface area contributed by atoms with E-state index in [1.165, 1.54) is 4.42 Å². The molecule has 8 nitrogen and oxygen atoms in total. The minimum Gasteiger partial charge on any atom is -0.493 e. The van der Waals surface area contributed by atoms with Gasteiger partial charge in [-0.15, -0.1) is 0 Å². The molecule has 35 heavy (non-hydrogen) atoms. The lowest BCUT2D eigenvalue weighted by Crippen LogP contribution is -2.48. The van der Waals surface area contributed by atoms with Gasteiger partial charge in [0.15, 0.2) is 0 Å². The molecule has 0 radical (unpaired) electrons. The SMILES string of the molecule is COCCCCOc1ccccc1C(=O)N(Cl)C[C@@H](C[C@H](N)[C@@H](O)CN1CCCCC1=O)C(C)C. The summed E-state index contributed by atoms with van der Waals surface area (Å²) >= 11 is 6.47. The second kappa shape index (κ2) is 15.3. The predicted octanol–water partition coefficient (Wildman–Crippen LogP) is 3.45. The van der Waals surface area contributed by atoms with Crippen LogP contribution in [-0.2, 0) is 9.53 Å². The molecule has 0 spiro atoms. The molecule has 0 saturated carbocycles. The number of unbranched alkanes of at least 4 members (excludes halogenated alkanes) is 1. The van der Waals surface area contributed by atoms with Crippen molar-refractivity contribution in [1.82, 2.24) is 9.32 Å². The Kier molecular flexibility index (Phi) is 12.8. The number of amides is 2. The number of methoxy groups -OCH3 is 1. The first-order valence-corrected chi connectivity index (χ1v) is 13.0. The monoisotopic (exact) mass is 511 g/mol. The van der Waals surface area contributed by atoms with Crippen molar-refractivity contribution < 1.29 is 24.2 Å². The van der Waals surface area contributed by atoms with Gasteiger partial charge in [-0.3, -0.25) is 14.0 Å². The Morgan fingerprint density at radius 1 is 1.23 bits per heavy atom. The fraction of sp³-hybridized carbons (Fsp3) is 0.692. The molecule has 0 bridgehead atoms. The van der Waals surface area contributed by atoms with Gasteiger partial charge in [0, 0.05) is 57.6 Å². The van der Waals surface area contributed by atoms with Gasteiger partial charge in [-0.25, -0.2) is 0 Å². The van der Waals surface area contributed by atoms with Gasteiger partial charge >= 0.3 is 0 Å². The fourth-order valence-electron chi connectivity index (χ4n) is 4.20. The van der Waals surface area contributed by atoms with Crippen LogP contribution in [0.15, 0.2) is 24.3 Å². The largest absolute Gasteiger partial charge is 0.493 e. The molecule has 198 valence electrons. The number of carbonyl (C=O) groups is 2. The Balaban J connectivity index is 1.95. The minimum atomic E-state index is -0.829. The van der Waals surface area contributed by atoms with Crippen LogP contribution in [0.3, 0.4) is 0 Å². The molecule has 0 aliphatic carbocycles. The summed E-state index contributed by atoms with van der Waals surface area (Å²) in [5.41, 5.74) is 6.74. The quantitative estimate of drug-likeness (QED) is 0.276. The van der Waals surface area contributed by atoms with Gasteiger partial charge in [0.2, 0.25) is 5.91 Å². The molecule has 0 unspecified atom stereocenters. The topological polar surface area (TPSA) is 105 Å². The Morgan fingerprint density at radius 2 is 1.94 bits per heavy atom. The third-order valence-corrected chi connectivity index (χ3v) is 6.87. The standard InChI is InChI=1S/C26H42ClN3O5/c1-19(2)20(16-22(28)23(31)18-29-13-7-6-12-25(29)32)17-30(27)26(33)21-10-4-5-11-24(21)35-15-9-8-14-34-3/h4-5,10-11,19-20,22-23,31H,6-9,12-18,28H2,1-3H3/t20-,22+,23+/m1/s1. The number of nitrogens with zero attached hydrogens (tertiary/aromatic N) is 2. The van der Waals surface area contributed by atoms with Crippen LogP contribution in [0.2, 0.25) is 0 Å². The van der Waals surface area contributed by atoms with E-state index >= 15 is 0 Å². The zero-order valence-corrected chi connectivity index (χ0v) is 22.1. The second-order valence-electron chi connectivity index (χ2n) is 9.66. The molecule has 1 aliphatic heterocycles. The number of β-amino-alcohol motifs (C(OH)–C–C–N with tert-alkyl or cyclic N) is 1. The van der Waals surface area contributed by atoms with E-state index in [9.17, 15) is 14.7 Å². The van der Waals surface area contributed by atoms with Crippen molar-refractivity contribution in [3.8, 4) is 5.75 Å². The van der Waals surface area contributed by atoms with Crippen LogP contribution in [0.4, 0.5) is 0 Å². The summed E-state index contributed by atoms with van der Waals surface area (Å²) in [6.45, 7) is 6.42. The number of hydrogen-bond donors (Lipinski definition) is 2. The highest BCUT2D eigenvalue weighted by Gasteiger charge is 2.29. The van der Waals surface area contributed by atoms with Crippen molar-refractivity contribution in [3.05, 3.63) is 29.8 Å². The summed E-state index contributed by atoms with van der Waals surface area (Å²) < 4.78 is 12.1. The summed E-state index contributed by atoms with van der Waals surface area (Å²) in [6.07, 6.45) is 3.72. The molecule has 3 N–H and O–H groups in total. The zero-order chi connectivity index (χ0) is 25.8. The van der Waals surface area contributed by atoms with E-state index in [1.807, 2.05) is 19.9 Å². The van der Waals surface area contributed by atoms with Crippen molar-refractivity contribution in [1.29, 1.82) is 0 Å². The van der Waals surface area contributed by atoms with E-state index in [0.29, 0.717) is 43.9 Å². The highest BCUT2D eigenvalue weighted by Crippen LogP contribution is 2.25. The molecule has 1 saturated heterocycles. The van der Waals surface area contributed by atoms with Gasteiger partial charge in [0.05, 0.1) is 18.3 Å². The van der Waals surface area contributed by atoms with Crippen molar-refractivity contribution in [2.24, 2.45) is 17.6 Å². The summed E-state index contributed by atoms with van der Waals surface area (Å²) in [5.74, 6) is 0.393. The lowest BCUT2D eigenvalue weighted by Gasteiger charge is -2.33. The van der Waals surface area contributed by atoms with E-state index in [2.05, 4.69) is 0 Å². The van der Waals surface area contributed by atoms with E-state index in [4.69, 9.17) is 27.0 Å². The predicted molar refractivity (Wildman–Crippen MR) is 137 cm³/mol. The molecular weight excluding hydrogens is 470 g/mol. The van der Waals surface area contributed by atoms with Crippen LogP contribution in [0.5, 0.6) is 5.75 Å². The zero-order valence-electron chi connectivity index (χ0n) is 21.3. The highest BCUT2D eigenvalue weighted by molar-refractivity contribution is 6.24. The molecule has 3 atom stereocenters. The summed E-state index contributed by atoms with van der Waals surface area (Å²) in [6, 6.07) is 6.55. The third-order valence-electron chi connectivity index (χ3n) is 6.57. The average Bonchev–Trinajstić information content (AvgIpc) is 2.84. The second-order valence-corrected chi connectivity index (χ2v) is 10.1. The smallest absolute Gasteiger partial charge is 0.271 e. The first-order valence-electron chi connectivity index (χ1n) is 12.6. The van der Waals surface area contributed by atoms with Gasteiger partial charge in [-0.2, -0.15) is 0 Å². The number of aliphatic hydroxyl groups is 1. The van der Waals surface area contributed by atoms with Crippen molar-refractivity contribution in [2.75, 3.05) is 40.0 Å². The van der Waals surface area contributed by atoms with Gasteiger partial charge in [-0.05, 0) is 56.1 Å². The lowest BCUT2D eigenvalue weighted by atomic mass is 9.87. The number of hydrogen-bond acceptors (Lipinski definition) is 6. The van der Waals surface area contributed by atoms with E-state index in [1.54, 1.807) is 30.2 Å².